The average Bonchev–Trinajstić information content (AvgIpc) is 3.84. The van der Waals surface area contributed by atoms with Gasteiger partial charge in [0.25, 0.3) is 0 Å². The van der Waals surface area contributed by atoms with E-state index in [0.29, 0.717) is 62.9 Å². The Bertz CT molecular complexity index is 1130. The summed E-state index contributed by atoms with van der Waals surface area (Å²) in [5.74, 6) is 0.726. The Hall–Kier alpha value is -3.40. The number of esters is 4. The Morgan fingerprint density at radius 1 is 0.475 bits per heavy atom. The van der Waals surface area contributed by atoms with Gasteiger partial charge in [0.15, 0.2) is 0 Å². The van der Waals surface area contributed by atoms with E-state index in [4.69, 9.17) is 47.4 Å². The van der Waals surface area contributed by atoms with Crippen LogP contribution in [-0.4, -0.2) is 128 Å². The van der Waals surface area contributed by atoms with Crippen LogP contribution >= 0.6 is 0 Å². The second-order valence-electron chi connectivity index (χ2n) is 14.9. The highest BCUT2D eigenvalue weighted by atomic mass is 16.6. The van der Waals surface area contributed by atoms with Crippen LogP contribution in [0.3, 0.4) is 0 Å². The number of hydrogen-bond donors (Lipinski definition) is 0. The molecular weight excluding hydrogens is 789 g/mol. The first-order chi connectivity index (χ1) is 29.1. The van der Waals surface area contributed by atoms with E-state index in [9.17, 15) is 19.2 Å². The smallest absolute Gasteiger partial charge is 0.332 e. The van der Waals surface area contributed by atoms with E-state index in [0.717, 1.165) is 51.4 Å². The van der Waals surface area contributed by atoms with Gasteiger partial charge < -0.3 is 47.4 Å². The zero-order chi connectivity index (χ0) is 44.4. The number of hydrogen-bond acceptors (Lipinski definition) is 14. The van der Waals surface area contributed by atoms with Crippen molar-refractivity contribution in [2.45, 2.75) is 124 Å². The van der Waals surface area contributed by atoms with Gasteiger partial charge >= 0.3 is 23.9 Å². The quantitative estimate of drug-likeness (QED) is 0.0270. The first kappa shape index (κ1) is 57.6. The molecule has 2 aliphatic rings. The molecule has 0 bridgehead atoms. The van der Waals surface area contributed by atoms with Crippen LogP contribution in [0.15, 0.2) is 50.6 Å². The molecule has 0 aromatic rings. The molecule has 8 unspecified atom stereocenters. The van der Waals surface area contributed by atoms with Crippen molar-refractivity contribution in [1.29, 1.82) is 0 Å². The van der Waals surface area contributed by atoms with Gasteiger partial charge in [0.05, 0.1) is 52.9 Å². The van der Waals surface area contributed by atoms with Gasteiger partial charge in [-0.15, -0.1) is 13.2 Å². The minimum atomic E-state index is -0.474. The minimum Gasteiger partial charge on any atom is -0.460 e. The van der Waals surface area contributed by atoms with Gasteiger partial charge in [-0.05, 0) is 62.2 Å². The Balaban J connectivity index is 0.00000119. The molecule has 2 saturated carbocycles. The first-order valence-electron chi connectivity index (χ1n) is 21.8. The summed E-state index contributed by atoms with van der Waals surface area (Å²) >= 11 is 0. The average molecular weight is 869 g/mol. The van der Waals surface area contributed by atoms with E-state index in [2.05, 4.69) is 54.0 Å². The summed E-state index contributed by atoms with van der Waals surface area (Å²) in [7, 11) is 0. The van der Waals surface area contributed by atoms with E-state index in [1.807, 2.05) is 0 Å². The molecule has 0 aromatic heterocycles. The van der Waals surface area contributed by atoms with Crippen molar-refractivity contribution >= 4 is 23.9 Å². The van der Waals surface area contributed by atoms with Crippen molar-refractivity contribution in [2.24, 2.45) is 23.7 Å². The van der Waals surface area contributed by atoms with Gasteiger partial charge in [-0.2, -0.15) is 0 Å². The second-order valence-corrected chi connectivity index (χ2v) is 14.9. The number of rotatable bonds is 34. The lowest BCUT2D eigenvalue weighted by Gasteiger charge is -2.18. The van der Waals surface area contributed by atoms with Crippen LogP contribution in [-0.2, 0) is 66.5 Å². The van der Waals surface area contributed by atoms with E-state index >= 15 is 0 Å². The summed E-state index contributed by atoms with van der Waals surface area (Å²) in [6.07, 6.45) is 15.3. The maximum atomic E-state index is 12.0. The molecule has 0 amide bonds. The molecule has 2 aliphatic carbocycles. The first-order valence-corrected chi connectivity index (χ1v) is 21.8. The molecule has 2 rings (SSSR count). The topological polar surface area (TPSA) is 161 Å². The van der Waals surface area contributed by atoms with Crippen LogP contribution in [0.2, 0.25) is 0 Å². The second kappa shape index (κ2) is 37.2. The monoisotopic (exact) mass is 869 g/mol. The Morgan fingerprint density at radius 3 is 1.07 bits per heavy atom. The molecule has 0 aliphatic heterocycles. The predicted molar refractivity (Wildman–Crippen MR) is 235 cm³/mol. The highest BCUT2D eigenvalue weighted by molar-refractivity contribution is 5.72. The lowest BCUT2D eigenvalue weighted by atomic mass is 10.0. The van der Waals surface area contributed by atoms with E-state index in [1.54, 1.807) is 12.2 Å². The molecule has 14 heteroatoms. The molecule has 2 fully saturated rings. The number of ether oxygens (including phenoxy) is 10. The molecule has 61 heavy (non-hydrogen) atoms. The van der Waals surface area contributed by atoms with Crippen LogP contribution in [0.4, 0.5) is 0 Å². The lowest BCUT2D eigenvalue weighted by molar-refractivity contribution is -0.157. The third kappa shape index (κ3) is 27.3. The van der Waals surface area contributed by atoms with Crippen molar-refractivity contribution in [3.8, 4) is 0 Å². The highest BCUT2D eigenvalue weighted by Crippen LogP contribution is 2.38. The van der Waals surface area contributed by atoms with E-state index < -0.39 is 24.1 Å². The van der Waals surface area contributed by atoms with E-state index in [1.165, 1.54) is 12.2 Å². The molecule has 0 N–H and O–H groups in total. The summed E-state index contributed by atoms with van der Waals surface area (Å²) in [5, 5.41) is 0. The van der Waals surface area contributed by atoms with Gasteiger partial charge in [-0.25, -0.2) is 19.2 Å². The normalized spacial score (nSPS) is 21.4. The van der Waals surface area contributed by atoms with E-state index in [-0.39, 0.29) is 84.4 Å². The van der Waals surface area contributed by atoms with Gasteiger partial charge in [-0.3, -0.25) is 0 Å². The third-order valence-corrected chi connectivity index (χ3v) is 10.5. The van der Waals surface area contributed by atoms with Crippen molar-refractivity contribution in [3.05, 3.63) is 50.6 Å². The van der Waals surface area contributed by atoms with Gasteiger partial charge in [0, 0.05) is 12.8 Å². The summed E-state index contributed by atoms with van der Waals surface area (Å²) in [5.41, 5.74) is 0. The SMILES string of the molecule is C.C=CCC(C=C)OC(=O)COCCOCCOCC(=O)OC(C=C)CC=C.CCC1CC(CC)C(OC(=O)COCCOCCOCC(=O)OC2CC(CC)CC2CC)C1. The molecule has 8 atom stereocenters. The molecule has 0 radical (unpaired) electrons. The Kier molecular flexibility index (Phi) is 35.1. The maximum absolute atomic E-state index is 12.0. The van der Waals surface area contributed by atoms with Crippen molar-refractivity contribution < 1.29 is 66.5 Å². The van der Waals surface area contributed by atoms with Crippen LogP contribution in [0.1, 0.15) is 99.3 Å². The zero-order valence-corrected chi connectivity index (χ0v) is 37.0. The van der Waals surface area contributed by atoms with Crippen LogP contribution in [0, 0.1) is 23.7 Å². The standard InChI is InChI=1S/C26H46O7.C20H30O7.CH4/c1-5-19-13-21(7-3)23(15-19)32-25(27)17-30-11-9-29-10-12-31-18-26(28)33-24-16-20(6-2)14-22(24)8-4;1-5-9-17(7-3)26-19(21)15-24-13-11-23-12-14-25-16-20(22)27-18(8-4)10-6-2;/h19-24H,5-18H2,1-4H3;5-8,17-18H,1-4,9-16H2;1H4. The predicted octanol–water partition coefficient (Wildman–Crippen LogP) is 7.57. The van der Waals surface area contributed by atoms with Crippen molar-refractivity contribution in [2.75, 3.05) is 79.3 Å². The largest absolute Gasteiger partial charge is 0.460 e. The number of carbonyl (C=O) groups is 4. The van der Waals surface area contributed by atoms with Crippen LogP contribution in [0.5, 0.6) is 0 Å². The summed E-state index contributed by atoms with van der Waals surface area (Å²) in [6.45, 7) is 25.0. The number of carbonyl (C=O) groups excluding carboxylic acids is 4. The highest BCUT2D eigenvalue weighted by Gasteiger charge is 2.35. The molecule has 352 valence electrons. The Morgan fingerprint density at radius 2 is 0.787 bits per heavy atom. The fraction of sp³-hybridized carbons (Fsp3) is 0.745. The zero-order valence-electron chi connectivity index (χ0n) is 37.0. The molecule has 0 spiro atoms. The summed E-state index contributed by atoms with van der Waals surface area (Å²) < 4.78 is 53.2. The minimum absolute atomic E-state index is 0. The third-order valence-electron chi connectivity index (χ3n) is 10.5. The van der Waals surface area contributed by atoms with Crippen molar-refractivity contribution in [3.63, 3.8) is 0 Å². The lowest BCUT2D eigenvalue weighted by Crippen LogP contribution is -2.25. The van der Waals surface area contributed by atoms with Crippen LogP contribution in [0.25, 0.3) is 0 Å². The molecule has 0 saturated heterocycles. The molecule has 0 aromatic carbocycles. The van der Waals surface area contributed by atoms with Crippen LogP contribution < -0.4 is 0 Å². The Labute approximate surface area is 367 Å². The fourth-order valence-corrected chi connectivity index (χ4v) is 7.03. The van der Waals surface area contributed by atoms with Crippen molar-refractivity contribution in [1.82, 2.24) is 0 Å². The molecule has 14 nitrogen and oxygen atoms in total. The summed E-state index contributed by atoms with van der Waals surface area (Å²) in [4.78, 5) is 47.1. The summed E-state index contributed by atoms with van der Waals surface area (Å²) in [6, 6.07) is 0. The van der Waals surface area contributed by atoms with Gasteiger partial charge in [0.2, 0.25) is 0 Å². The molecule has 0 heterocycles. The van der Waals surface area contributed by atoms with Gasteiger partial charge in [0.1, 0.15) is 50.8 Å². The fourth-order valence-electron chi connectivity index (χ4n) is 7.03. The maximum Gasteiger partial charge on any atom is 0.332 e. The molecular formula is C47H80O14. The van der Waals surface area contributed by atoms with Gasteiger partial charge in [-0.1, -0.05) is 85.4 Å².